The molecular weight excluding hydrogens is 335 g/mol. The number of hydrogen-bond acceptors (Lipinski definition) is 6. The van der Waals surface area contributed by atoms with Crippen molar-refractivity contribution in [1.82, 2.24) is 15.0 Å². The Morgan fingerprint density at radius 3 is 2.52 bits per heavy atom. The molecule has 23 heavy (non-hydrogen) atoms. The molecule has 10 heteroatoms. The molecule has 0 aliphatic heterocycles. The summed E-state index contributed by atoms with van der Waals surface area (Å²) >= 11 is 0. The van der Waals surface area contributed by atoms with Gasteiger partial charge >= 0.3 is 15.6 Å². The maximum atomic E-state index is 12.4. The van der Waals surface area contributed by atoms with E-state index in [9.17, 15) is 21.6 Å². The molecule has 0 aromatic carbocycles. The Balaban J connectivity index is 2.44. The van der Waals surface area contributed by atoms with Crippen LogP contribution >= 0.6 is 0 Å². The minimum absolute atomic E-state index is 0.0107. The maximum absolute atomic E-state index is 12.4. The fraction of sp³-hybridized carbons (Fsp3) is 0.154. The summed E-state index contributed by atoms with van der Waals surface area (Å²) in [4.78, 5) is 11.9. The van der Waals surface area contributed by atoms with E-state index >= 15 is 0 Å². The van der Waals surface area contributed by atoms with Crippen molar-refractivity contribution < 1.29 is 25.8 Å². The Morgan fingerprint density at radius 2 is 1.96 bits per heavy atom. The molecule has 0 radical (unpaired) electrons. The Hall–Kier alpha value is -2.49. The summed E-state index contributed by atoms with van der Waals surface area (Å²) in [7, 11) is -5.77. The van der Waals surface area contributed by atoms with Gasteiger partial charge in [0.1, 0.15) is 5.69 Å². The molecule has 6 nitrogen and oxygen atoms in total. The second kappa shape index (κ2) is 6.32. The molecule has 0 aliphatic rings. The Kier molecular flexibility index (Phi) is 4.64. The molecule has 0 spiro atoms. The molecule has 122 valence electrons. The number of aromatic nitrogens is 3. The number of pyridine rings is 1. The van der Waals surface area contributed by atoms with Gasteiger partial charge in [0.25, 0.3) is 0 Å². The first-order chi connectivity index (χ1) is 10.7. The highest BCUT2D eigenvalue weighted by Crippen LogP contribution is 2.29. The van der Waals surface area contributed by atoms with Gasteiger partial charge in [0.05, 0.1) is 17.6 Å². The van der Waals surface area contributed by atoms with Crippen molar-refractivity contribution in [2.45, 2.75) is 11.9 Å². The minimum Gasteiger partial charge on any atom is -0.374 e. The van der Waals surface area contributed by atoms with Crippen LogP contribution in [0.2, 0.25) is 0 Å². The lowest BCUT2D eigenvalue weighted by atomic mass is 10.2. The van der Waals surface area contributed by atoms with E-state index in [1.165, 1.54) is 30.7 Å². The van der Waals surface area contributed by atoms with E-state index in [4.69, 9.17) is 0 Å². The van der Waals surface area contributed by atoms with Gasteiger partial charge in [0.2, 0.25) is 0 Å². The molecule has 0 N–H and O–H groups in total. The standard InChI is InChI=1S/C13H10F3N3O3S/c1-2-3-10-12(22-23(20,21)13(14,15)16)5-4-9(19-10)11-8-17-6-7-18-11/h2,4-8H,1,3H2. The lowest BCUT2D eigenvalue weighted by Gasteiger charge is -2.12. The van der Waals surface area contributed by atoms with Gasteiger partial charge in [-0.3, -0.25) is 9.97 Å². The molecule has 0 fully saturated rings. The number of hydrogen-bond donors (Lipinski definition) is 0. The fourth-order valence-corrected chi connectivity index (χ4v) is 2.07. The van der Waals surface area contributed by atoms with Crippen LogP contribution in [-0.4, -0.2) is 28.9 Å². The van der Waals surface area contributed by atoms with Gasteiger partial charge < -0.3 is 4.18 Å². The van der Waals surface area contributed by atoms with Gasteiger partial charge in [-0.15, -0.1) is 6.58 Å². The first-order valence-electron chi connectivity index (χ1n) is 6.12. The summed E-state index contributed by atoms with van der Waals surface area (Å²) in [6.07, 6.45) is 5.64. The van der Waals surface area contributed by atoms with Crippen LogP contribution in [0.5, 0.6) is 5.75 Å². The van der Waals surface area contributed by atoms with Crippen LogP contribution < -0.4 is 4.18 Å². The van der Waals surface area contributed by atoms with E-state index < -0.39 is 21.4 Å². The van der Waals surface area contributed by atoms with Crippen molar-refractivity contribution in [3.05, 3.63) is 49.1 Å². The van der Waals surface area contributed by atoms with Crippen molar-refractivity contribution >= 4 is 10.1 Å². The molecule has 0 bridgehead atoms. The van der Waals surface area contributed by atoms with Crippen LogP contribution in [0.15, 0.2) is 43.4 Å². The third-order valence-corrected chi connectivity index (χ3v) is 3.54. The lowest BCUT2D eigenvalue weighted by Crippen LogP contribution is -2.28. The predicted octanol–water partition coefficient (Wildman–Crippen LogP) is 2.50. The number of nitrogens with zero attached hydrogens (tertiary/aromatic N) is 3. The highest BCUT2D eigenvalue weighted by atomic mass is 32.2. The average Bonchev–Trinajstić information content (AvgIpc) is 2.49. The van der Waals surface area contributed by atoms with Crippen molar-refractivity contribution in [3.63, 3.8) is 0 Å². The van der Waals surface area contributed by atoms with Crippen LogP contribution in [0.1, 0.15) is 5.69 Å². The van der Waals surface area contributed by atoms with Gasteiger partial charge in [-0.05, 0) is 12.1 Å². The molecule has 2 rings (SSSR count). The first-order valence-corrected chi connectivity index (χ1v) is 7.53. The van der Waals surface area contributed by atoms with Crippen LogP contribution in [-0.2, 0) is 16.5 Å². The highest BCUT2D eigenvalue weighted by molar-refractivity contribution is 7.88. The third kappa shape index (κ3) is 3.83. The summed E-state index contributed by atoms with van der Waals surface area (Å²) in [5.74, 6) is -0.519. The van der Waals surface area contributed by atoms with Crippen molar-refractivity contribution in [2.24, 2.45) is 0 Å². The predicted molar refractivity (Wildman–Crippen MR) is 74.8 cm³/mol. The second-order valence-electron chi connectivity index (χ2n) is 4.21. The van der Waals surface area contributed by atoms with E-state index in [0.717, 1.165) is 6.07 Å². The summed E-state index contributed by atoms with van der Waals surface area (Å²) in [6.45, 7) is 3.45. The van der Waals surface area contributed by atoms with Crippen molar-refractivity contribution in [2.75, 3.05) is 0 Å². The van der Waals surface area contributed by atoms with Crippen LogP contribution in [0, 0.1) is 0 Å². The number of alkyl halides is 3. The monoisotopic (exact) mass is 345 g/mol. The SMILES string of the molecule is C=CCc1nc(-c2cnccn2)ccc1OS(=O)(=O)C(F)(F)F. The molecule has 0 saturated heterocycles. The third-order valence-electron chi connectivity index (χ3n) is 2.58. The zero-order chi connectivity index (χ0) is 17.1. The summed E-state index contributed by atoms with van der Waals surface area (Å²) < 4.78 is 63.6. The van der Waals surface area contributed by atoms with Gasteiger partial charge in [0.15, 0.2) is 5.75 Å². The van der Waals surface area contributed by atoms with Gasteiger partial charge in [-0.2, -0.15) is 21.6 Å². The van der Waals surface area contributed by atoms with E-state index in [-0.39, 0.29) is 12.1 Å². The highest BCUT2D eigenvalue weighted by Gasteiger charge is 2.48. The molecule has 0 atom stereocenters. The summed E-state index contributed by atoms with van der Waals surface area (Å²) in [6, 6.07) is 2.37. The van der Waals surface area contributed by atoms with Crippen LogP contribution in [0.4, 0.5) is 13.2 Å². The van der Waals surface area contributed by atoms with E-state index in [1.807, 2.05) is 0 Å². The Morgan fingerprint density at radius 1 is 1.22 bits per heavy atom. The van der Waals surface area contributed by atoms with E-state index in [0.29, 0.717) is 11.4 Å². The fourth-order valence-electron chi connectivity index (χ4n) is 1.59. The number of rotatable bonds is 5. The summed E-state index contributed by atoms with van der Waals surface area (Å²) in [5.41, 5.74) is -4.85. The van der Waals surface area contributed by atoms with E-state index in [1.54, 1.807) is 0 Å². The smallest absolute Gasteiger partial charge is 0.374 e. The largest absolute Gasteiger partial charge is 0.534 e. The molecule has 0 unspecified atom stereocenters. The molecular formula is C13H10F3N3O3S. The normalized spacial score (nSPS) is 12.0. The molecule has 0 aliphatic carbocycles. The van der Waals surface area contributed by atoms with Gasteiger partial charge in [0, 0.05) is 18.8 Å². The molecule has 2 aromatic rings. The average molecular weight is 345 g/mol. The zero-order valence-corrected chi connectivity index (χ0v) is 12.3. The summed E-state index contributed by atoms with van der Waals surface area (Å²) in [5, 5.41) is 0. The molecule has 2 aromatic heterocycles. The lowest BCUT2D eigenvalue weighted by molar-refractivity contribution is -0.0500. The Bertz CT molecular complexity index is 808. The number of allylic oxidation sites excluding steroid dienone is 1. The zero-order valence-electron chi connectivity index (χ0n) is 11.5. The van der Waals surface area contributed by atoms with Crippen LogP contribution in [0.25, 0.3) is 11.4 Å². The van der Waals surface area contributed by atoms with E-state index in [2.05, 4.69) is 25.7 Å². The quantitative estimate of drug-likeness (QED) is 0.470. The second-order valence-corrected chi connectivity index (χ2v) is 5.75. The van der Waals surface area contributed by atoms with Gasteiger partial charge in [-0.1, -0.05) is 6.08 Å². The first kappa shape index (κ1) is 16.9. The molecule has 0 amide bonds. The maximum Gasteiger partial charge on any atom is 0.534 e. The van der Waals surface area contributed by atoms with Crippen LogP contribution in [0.3, 0.4) is 0 Å². The molecule has 2 heterocycles. The Labute approximate surface area is 129 Å². The topological polar surface area (TPSA) is 82.0 Å². The number of halogens is 3. The minimum atomic E-state index is -5.77. The van der Waals surface area contributed by atoms with Crippen molar-refractivity contribution in [1.29, 1.82) is 0 Å². The van der Waals surface area contributed by atoms with Gasteiger partial charge in [-0.25, -0.2) is 4.98 Å². The molecule has 0 saturated carbocycles. The van der Waals surface area contributed by atoms with Crippen molar-refractivity contribution in [3.8, 4) is 17.1 Å².